The first-order valence-electron chi connectivity index (χ1n) is 6.01. The molecule has 2 nitrogen and oxygen atoms in total. The van der Waals surface area contributed by atoms with E-state index in [0.717, 1.165) is 32.3 Å². The standard InChI is InChI=1S/C14H19NO/c1-12-9-15(8-7-14(12)11-16)10-13-5-3-2-4-6-13/h2-6,11-12,14H,7-10H2,1H3/t12-,14+/m1/s1. The van der Waals surface area contributed by atoms with E-state index in [2.05, 4.69) is 36.1 Å². The molecule has 1 fully saturated rings. The Morgan fingerprint density at radius 2 is 2.12 bits per heavy atom. The molecule has 0 unspecified atom stereocenters. The third-order valence-electron chi connectivity index (χ3n) is 3.48. The Labute approximate surface area is 97.3 Å². The number of aldehydes is 1. The fourth-order valence-corrected chi connectivity index (χ4v) is 2.44. The largest absolute Gasteiger partial charge is 0.303 e. The van der Waals surface area contributed by atoms with Gasteiger partial charge in [-0.25, -0.2) is 0 Å². The topological polar surface area (TPSA) is 20.3 Å². The highest BCUT2D eigenvalue weighted by molar-refractivity contribution is 5.54. The Morgan fingerprint density at radius 3 is 2.75 bits per heavy atom. The number of hydrogen-bond donors (Lipinski definition) is 0. The quantitative estimate of drug-likeness (QED) is 0.724. The van der Waals surface area contributed by atoms with E-state index >= 15 is 0 Å². The molecule has 0 bridgehead atoms. The minimum Gasteiger partial charge on any atom is -0.303 e. The summed E-state index contributed by atoms with van der Waals surface area (Å²) < 4.78 is 0. The number of hydrogen-bond acceptors (Lipinski definition) is 2. The van der Waals surface area contributed by atoms with Crippen molar-refractivity contribution in [3.63, 3.8) is 0 Å². The van der Waals surface area contributed by atoms with Gasteiger partial charge in [0, 0.05) is 19.0 Å². The number of carbonyl (C=O) groups excluding carboxylic acids is 1. The van der Waals surface area contributed by atoms with E-state index in [1.54, 1.807) is 0 Å². The normalized spacial score (nSPS) is 26.6. The first-order valence-corrected chi connectivity index (χ1v) is 6.01. The molecule has 86 valence electrons. The van der Waals surface area contributed by atoms with Gasteiger partial charge in [0.05, 0.1) is 0 Å². The first-order chi connectivity index (χ1) is 7.79. The average Bonchev–Trinajstić information content (AvgIpc) is 2.31. The number of carbonyl (C=O) groups is 1. The van der Waals surface area contributed by atoms with E-state index in [1.165, 1.54) is 5.56 Å². The Hall–Kier alpha value is -1.15. The number of piperidine rings is 1. The van der Waals surface area contributed by atoms with Crippen LogP contribution in [0.4, 0.5) is 0 Å². The number of benzene rings is 1. The van der Waals surface area contributed by atoms with Crippen LogP contribution in [0.5, 0.6) is 0 Å². The maximum atomic E-state index is 10.8. The van der Waals surface area contributed by atoms with Gasteiger partial charge < -0.3 is 4.79 Å². The van der Waals surface area contributed by atoms with Crippen LogP contribution in [0.2, 0.25) is 0 Å². The van der Waals surface area contributed by atoms with Gasteiger partial charge in [0.15, 0.2) is 0 Å². The molecule has 16 heavy (non-hydrogen) atoms. The Morgan fingerprint density at radius 1 is 1.38 bits per heavy atom. The molecule has 1 aromatic carbocycles. The molecule has 1 aliphatic rings. The smallest absolute Gasteiger partial charge is 0.123 e. The molecule has 1 heterocycles. The zero-order valence-electron chi connectivity index (χ0n) is 9.80. The van der Waals surface area contributed by atoms with Crippen LogP contribution >= 0.6 is 0 Å². The molecule has 0 spiro atoms. The summed E-state index contributed by atoms with van der Waals surface area (Å²) in [6.07, 6.45) is 2.14. The summed E-state index contributed by atoms with van der Waals surface area (Å²) in [4.78, 5) is 13.3. The van der Waals surface area contributed by atoms with E-state index in [9.17, 15) is 4.79 Å². The molecule has 1 aromatic rings. The molecule has 2 atom stereocenters. The molecule has 0 aliphatic carbocycles. The van der Waals surface area contributed by atoms with Crippen molar-refractivity contribution in [1.82, 2.24) is 4.90 Å². The van der Waals surface area contributed by atoms with Gasteiger partial charge in [-0.05, 0) is 24.4 Å². The van der Waals surface area contributed by atoms with Gasteiger partial charge in [0.25, 0.3) is 0 Å². The van der Waals surface area contributed by atoms with Gasteiger partial charge in [0.1, 0.15) is 6.29 Å². The van der Waals surface area contributed by atoms with Crippen molar-refractivity contribution >= 4 is 6.29 Å². The molecular weight excluding hydrogens is 198 g/mol. The van der Waals surface area contributed by atoms with E-state index in [0.29, 0.717) is 5.92 Å². The molecule has 0 N–H and O–H groups in total. The summed E-state index contributed by atoms with van der Waals surface area (Å²) in [5.41, 5.74) is 1.36. The van der Waals surface area contributed by atoms with Crippen molar-refractivity contribution < 1.29 is 4.79 Å². The lowest BCUT2D eigenvalue weighted by atomic mass is 9.88. The van der Waals surface area contributed by atoms with E-state index < -0.39 is 0 Å². The zero-order valence-corrected chi connectivity index (χ0v) is 9.80. The van der Waals surface area contributed by atoms with Crippen LogP contribution < -0.4 is 0 Å². The summed E-state index contributed by atoms with van der Waals surface area (Å²) in [6, 6.07) is 10.5. The summed E-state index contributed by atoms with van der Waals surface area (Å²) in [5, 5.41) is 0. The van der Waals surface area contributed by atoms with E-state index in [1.807, 2.05) is 6.07 Å². The lowest BCUT2D eigenvalue weighted by molar-refractivity contribution is -0.114. The van der Waals surface area contributed by atoms with Crippen molar-refractivity contribution in [2.24, 2.45) is 11.8 Å². The third-order valence-corrected chi connectivity index (χ3v) is 3.48. The molecule has 0 radical (unpaired) electrons. The highest BCUT2D eigenvalue weighted by Gasteiger charge is 2.25. The van der Waals surface area contributed by atoms with Crippen LogP contribution in [0.25, 0.3) is 0 Å². The fourth-order valence-electron chi connectivity index (χ4n) is 2.44. The van der Waals surface area contributed by atoms with Crippen molar-refractivity contribution in [2.75, 3.05) is 13.1 Å². The molecule has 0 amide bonds. The predicted octanol–water partition coefficient (Wildman–Crippen LogP) is 2.34. The van der Waals surface area contributed by atoms with Crippen LogP contribution in [0.15, 0.2) is 30.3 Å². The fraction of sp³-hybridized carbons (Fsp3) is 0.500. The Bertz CT molecular complexity index is 336. The maximum Gasteiger partial charge on any atom is 0.123 e. The van der Waals surface area contributed by atoms with Crippen LogP contribution in [0.3, 0.4) is 0 Å². The summed E-state index contributed by atoms with van der Waals surface area (Å²) >= 11 is 0. The molecule has 0 aromatic heterocycles. The summed E-state index contributed by atoms with van der Waals surface area (Å²) in [5.74, 6) is 0.766. The van der Waals surface area contributed by atoms with Crippen molar-refractivity contribution in [3.8, 4) is 0 Å². The maximum absolute atomic E-state index is 10.8. The van der Waals surface area contributed by atoms with Crippen molar-refractivity contribution in [2.45, 2.75) is 19.9 Å². The van der Waals surface area contributed by atoms with Gasteiger partial charge in [0.2, 0.25) is 0 Å². The van der Waals surface area contributed by atoms with Crippen molar-refractivity contribution in [1.29, 1.82) is 0 Å². The highest BCUT2D eigenvalue weighted by atomic mass is 16.1. The molecular formula is C14H19NO. The van der Waals surface area contributed by atoms with Gasteiger partial charge in [-0.15, -0.1) is 0 Å². The second-order valence-corrected chi connectivity index (χ2v) is 4.79. The number of likely N-dealkylation sites (tertiary alicyclic amines) is 1. The van der Waals surface area contributed by atoms with Crippen LogP contribution in [0, 0.1) is 11.8 Å². The summed E-state index contributed by atoms with van der Waals surface area (Å²) in [7, 11) is 0. The third kappa shape index (κ3) is 2.70. The molecule has 1 aliphatic heterocycles. The minimum absolute atomic E-state index is 0.270. The predicted molar refractivity (Wildman–Crippen MR) is 65.1 cm³/mol. The molecule has 1 saturated heterocycles. The lowest BCUT2D eigenvalue weighted by Crippen LogP contribution is -2.39. The summed E-state index contributed by atoms with van der Waals surface area (Å²) in [6.45, 7) is 5.27. The molecule has 0 saturated carbocycles. The Balaban J connectivity index is 1.91. The van der Waals surface area contributed by atoms with Gasteiger partial charge in [-0.1, -0.05) is 37.3 Å². The van der Waals surface area contributed by atoms with E-state index in [-0.39, 0.29) is 5.92 Å². The lowest BCUT2D eigenvalue weighted by Gasteiger charge is -2.34. The van der Waals surface area contributed by atoms with Gasteiger partial charge in [-0.2, -0.15) is 0 Å². The van der Waals surface area contributed by atoms with Crippen LogP contribution in [-0.2, 0) is 11.3 Å². The van der Waals surface area contributed by atoms with Gasteiger partial charge in [-0.3, -0.25) is 4.90 Å². The monoisotopic (exact) mass is 217 g/mol. The van der Waals surface area contributed by atoms with Crippen molar-refractivity contribution in [3.05, 3.63) is 35.9 Å². The molecule has 2 heteroatoms. The molecule has 2 rings (SSSR count). The first kappa shape index (κ1) is 11.3. The van der Waals surface area contributed by atoms with Crippen LogP contribution in [0.1, 0.15) is 18.9 Å². The van der Waals surface area contributed by atoms with Gasteiger partial charge >= 0.3 is 0 Å². The average molecular weight is 217 g/mol. The highest BCUT2D eigenvalue weighted by Crippen LogP contribution is 2.22. The Kier molecular flexibility index (Phi) is 3.73. The zero-order chi connectivity index (χ0) is 11.4. The minimum atomic E-state index is 0.270. The number of rotatable bonds is 3. The second-order valence-electron chi connectivity index (χ2n) is 4.79. The van der Waals surface area contributed by atoms with E-state index in [4.69, 9.17) is 0 Å². The van der Waals surface area contributed by atoms with Crippen LogP contribution in [-0.4, -0.2) is 24.3 Å². The SMILES string of the molecule is C[C@@H]1CN(Cc2ccccc2)CC[C@H]1C=O. The number of nitrogens with zero attached hydrogens (tertiary/aromatic N) is 1. The second kappa shape index (κ2) is 5.26.